The van der Waals surface area contributed by atoms with Gasteiger partial charge in [0.2, 0.25) is 5.91 Å². The second-order valence-electron chi connectivity index (χ2n) is 9.14. The van der Waals surface area contributed by atoms with E-state index in [0.717, 1.165) is 46.4 Å². The number of para-hydroxylation sites is 1. The minimum Gasteiger partial charge on any atom is -0.374 e. The molecule has 1 unspecified atom stereocenters. The Morgan fingerprint density at radius 3 is 2.57 bits per heavy atom. The Kier molecular flexibility index (Phi) is 8.77. The van der Waals surface area contributed by atoms with Gasteiger partial charge in [-0.1, -0.05) is 60.7 Å². The first-order valence-electron chi connectivity index (χ1n) is 12.3. The molecule has 192 valence electrons. The highest BCUT2D eigenvalue weighted by Crippen LogP contribution is 2.33. The van der Waals surface area contributed by atoms with E-state index in [9.17, 15) is 9.18 Å². The number of amides is 1. The first-order valence-corrected chi connectivity index (χ1v) is 12.3. The number of morpholine rings is 1. The van der Waals surface area contributed by atoms with E-state index in [-0.39, 0.29) is 30.2 Å². The van der Waals surface area contributed by atoms with Crippen LogP contribution in [0.2, 0.25) is 0 Å². The van der Waals surface area contributed by atoms with Gasteiger partial charge in [0.1, 0.15) is 5.82 Å². The van der Waals surface area contributed by atoms with Gasteiger partial charge in [0.25, 0.3) is 0 Å². The molecule has 0 spiro atoms. The second-order valence-corrected chi connectivity index (χ2v) is 9.14. The lowest BCUT2D eigenvalue weighted by molar-refractivity contribution is -0.117. The van der Waals surface area contributed by atoms with Crippen molar-refractivity contribution < 1.29 is 13.9 Å². The fraction of sp³-hybridized carbons (Fsp3) is 0.233. The van der Waals surface area contributed by atoms with Crippen molar-refractivity contribution in [1.29, 1.82) is 0 Å². The summed E-state index contributed by atoms with van der Waals surface area (Å²) in [4.78, 5) is 15.0. The first-order chi connectivity index (χ1) is 17.6. The number of carbonyl (C=O) groups is 1. The number of nitrogens with one attached hydrogen (secondary N) is 1. The molecule has 1 aromatic heterocycles. The van der Waals surface area contributed by atoms with Crippen molar-refractivity contribution in [3.63, 3.8) is 0 Å². The number of carbonyl (C=O) groups excluding carboxylic acids is 1. The highest BCUT2D eigenvalue weighted by molar-refractivity contribution is 6.01. The Balaban J connectivity index is 0.00000320. The summed E-state index contributed by atoms with van der Waals surface area (Å²) in [6.07, 6.45) is 3.42. The fourth-order valence-electron chi connectivity index (χ4n) is 4.86. The number of rotatable bonds is 7. The third-order valence-electron chi connectivity index (χ3n) is 6.64. The van der Waals surface area contributed by atoms with E-state index in [1.165, 1.54) is 12.1 Å². The van der Waals surface area contributed by atoms with Gasteiger partial charge in [-0.15, -0.1) is 12.4 Å². The fourth-order valence-corrected chi connectivity index (χ4v) is 4.86. The van der Waals surface area contributed by atoms with Crippen LogP contribution in [0.3, 0.4) is 0 Å². The molecule has 4 aromatic rings. The molecule has 1 atom stereocenters. The molecule has 37 heavy (non-hydrogen) atoms. The Labute approximate surface area is 223 Å². The SMILES string of the molecule is Cl.Cn1c(-c2ccccc2)c(/C=C/C(=O)NCC2CN(Cc3ccc(F)cc3)CCO2)c2ccccc21. The van der Waals surface area contributed by atoms with Crippen LogP contribution in [-0.4, -0.2) is 47.7 Å². The molecule has 0 bridgehead atoms. The molecule has 2 heterocycles. The average Bonchev–Trinajstić information content (AvgIpc) is 3.20. The van der Waals surface area contributed by atoms with Crippen molar-refractivity contribution in [2.24, 2.45) is 7.05 Å². The van der Waals surface area contributed by atoms with Crippen molar-refractivity contribution in [3.8, 4) is 11.3 Å². The Bertz CT molecular complexity index is 1370. The second kappa shape index (κ2) is 12.2. The van der Waals surface area contributed by atoms with Crippen LogP contribution < -0.4 is 5.32 Å². The van der Waals surface area contributed by atoms with Gasteiger partial charge in [-0.25, -0.2) is 4.39 Å². The first kappa shape index (κ1) is 26.6. The van der Waals surface area contributed by atoms with Crippen LogP contribution in [0.25, 0.3) is 28.2 Å². The number of halogens is 2. The van der Waals surface area contributed by atoms with E-state index >= 15 is 0 Å². The predicted molar refractivity (Wildman–Crippen MR) is 149 cm³/mol. The number of aromatic nitrogens is 1. The molecule has 0 radical (unpaired) electrons. The Morgan fingerprint density at radius 2 is 1.78 bits per heavy atom. The summed E-state index contributed by atoms with van der Waals surface area (Å²) >= 11 is 0. The molecular weight excluding hydrogens is 489 g/mol. The molecule has 5 rings (SSSR count). The third kappa shape index (κ3) is 6.28. The minimum atomic E-state index is -0.228. The zero-order valence-electron chi connectivity index (χ0n) is 20.8. The van der Waals surface area contributed by atoms with E-state index in [1.807, 2.05) is 48.5 Å². The summed E-state index contributed by atoms with van der Waals surface area (Å²) in [5.74, 6) is -0.380. The molecule has 5 nitrogen and oxygen atoms in total. The largest absolute Gasteiger partial charge is 0.374 e. The summed E-state index contributed by atoms with van der Waals surface area (Å²) in [6, 6.07) is 25.0. The highest BCUT2D eigenvalue weighted by Gasteiger charge is 2.21. The summed E-state index contributed by atoms with van der Waals surface area (Å²) in [5.41, 5.74) is 5.39. The van der Waals surface area contributed by atoms with Crippen molar-refractivity contribution >= 4 is 35.3 Å². The van der Waals surface area contributed by atoms with Crippen LogP contribution >= 0.6 is 12.4 Å². The number of hydrogen-bond donors (Lipinski definition) is 1. The molecule has 1 N–H and O–H groups in total. The molecule has 1 amide bonds. The minimum absolute atomic E-state index is 0. The Hall–Kier alpha value is -3.45. The van der Waals surface area contributed by atoms with Gasteiger partial charge < -0.3 is 14.6 Å². The molecule has 3 aromatic carbocycles. The molecule has 1 aliphatic heterocycles. The van der Waals surface area contributed by atoms with Crippen molar-refractivity contribution in [1.82, 2.24) is 14.8 Å². The van der Waals surface area contributed by atoms with Crippen LogP contribution in [0.4, 0.5) is 4.39 Å². The predicted octanol–water partition coefficient (Wildman–Crippen LogP) is 5.44. The van der Waals surface area contributed by atoms with E-state index in [4.69, 9.17) is 4.74 Å². The molecule has 1 fully saturated rings. The molecule has 0 aliphatic carbocycles. The molecule has 1 aliphatic rings. The molecule has 7 heteroatoms. The van der Waals surface area contributed by atoms with E-state index in [2.05, 4.69) is 46.1 Å². The average molecular weight is 520 g/mol. The number of hydrogen-bond acceptors (Lipinski definition) is 3. The van der Waals surface area contributed by atoms with E-state index in [0.29, 0.717) is 19.7 Å². The Morgan fingerprint density at radius 1 is 1.05 bits per heavy atom. The van der Waals surface area contributed by atoms with Crippen LogP contribution in [0.1, 0.15) is 11.1 Å². The third-order valence-corrected chi connectivity index (χ3v) is 6.64. The molecule has 1 saturated heterocycles. The molecular formula is C30H31ClFN3O2. The van der Waals surface area contributed by atoms with Gasteiger partial charge in [-0.2, -0.15) is 0 Å². The number of fused-ring (bicyclic) bond motifs is 1. The summed E-state index contributed by atoms with van der Waals surface area (Å²) in [6.45, 7) is 3.30. The quantitative estimate of drug-likeness (QED) is 0.331. The van der Waals surface area contributed by atoms with Gasteiger partial charge in [0.05, 0.1) is 18.4 Å². The number of ether oxygens (including phenoxy) is 1. The summed E-state index contributed by atoms with van der Waals surface area (Å²) in [7, 11) is 2.06. The van der Waals surface area contributed by atoms with Crippen LogP contribution in [-0.2, 0) is 23.1 Å². The summed E-state index contributed by atoms with van der Waals surface area (Å²) in [5, 5.41) is 4.10. The van der Waals surface area contributed by atoms with Crippen LogP contribution in [0.5, 0.6) is 0 Å². The zero-order valence-corrected chi connectivity index (χ0v) is 21.6. The number of benzene rings is 3. The summed E-state index contributed by atoms with van der Waals surface area (Å²) < 4.78 is 21.2. The van der Waals surface area contributed by atoms with Crippen molar-refractivity contribution in [2.75, 3.05) is 26.2 Å². The maximum absolute atomic E-state index is 13.2. The molecule has 0 saturated carbocycles. The van der Waals surface area contributed by atoms with Gasteiger partial charge >= 0.3 is 0 Å². The lowest BCUT2D eigenvalue weighted by Crippen LogP contribution is -2.46. The number of nitrogens with zero attached hydrogens (tertiary/aromatic N) is 2. The standard InChI is InChI=1S/C30H30FN3O2.ClH/c1-33-28-10-6-5-9-26(28)27(30(33)23-7-3-2-4-8-23)15-16-29(35)32-19-25-21-34(17-18-36-25)20-22-11-13-24(31)14-12-22;/h2-16,25H,17-21H2,1H3,(H,32,35);1H/b16-15+;. The number of aryl methyl sites for hydroxylation is 1. The maximum atomic E-state index is 13.2. The van der Waals surface area contributed by atoms with Crippen molar-refractivity contribution in [3.05, 3.63) is 102 Å². The van der Waals surface area contributed by atoms with Gasteiger partial charge in [-0.3, -0.25) is 9.69 Å². The lowest BCUT2D eigenvalue weighted by atomic mass is 10.0. The topological polar surface area (TPSA) is 46.5 Å². The van der Waals surface area contributed by atoms with Crippen molar-refractivity contribution in [2.45, 2.75) is 12.6 Å². The zero-order chi connectivity index (χ0) is 24.9. The smallest absolute Gasteiger partial charge is 0.244 e. The van der Waals surface area contributed by atoms with Gasteiger partial charge in [0.15, 0.2) is 0 Å². The van der Waals surface area contributed by atoms with Gasteiger partial charge in [0, 0.05) is 55.8 Å². The normalized spacial score (nSPS) is 16.1. The van der Waals surface area contributed by atoms with Crippen LogP contribution in [0.15, 0.2) is 84.9 Å². The monoisotopic (exact) mass is 519 g/mol. The van der Waals surface area contributed by atoms with E-state index in [1.54, 1.807) is 6.08 Å². The lowest BCUT2D eigenvalue weighted by Gasteiger charge is -2.33. The van der Waals surface area contributed by atoms with E-state index < -0.39 is 0 Å². The van der Waals surface area contributed by atoms with Gasteiger partial charge in [-0.05, 0) is 35.4 Å². The van der Waals surface area contributed by atoms with Crippen LogP contribution in [0, 0.1) is 5.82 Å². The highest BCUT2D eigenvalue weighted by atomic mass is 35.5. The maximum Gasteiger partial charge on any atom is 0.244 e.